The molecule has 29 heavy (non-hydrogen) atoms. The maximum absolute atomic E-state index is 14.3. The van der Waals surface area contributed by atoms with Crippen LogP contribution in [0.25, 0.3) is 0 Å². The zero-order valence-electron chi connectivity index (χ0n) is 15.7. The van der Waals surface area contributed by atoms with Crippen LogP contribution < -0.4 is 10.0 Å². The van der Waals surface area contributed by atoms with Gasteiger partial charge >= 0.3 is 5.97 Å². The molecule has 10 heteroatoms. The Kier molecular flexibility index (Phi) is 7.88. The topological polar surface area (TPSA) is 102 Å². The van der Waals surface area contributed by atoms with E-state index in [0.717, 1.165) is 22.7 Å². The first-order valence-corrected chi connectivity index (χ1v) is 10.9. The van der Waals surface area contributed by atoms with Crippen LogP contribution in [0.2, 0.25) is 0 Å². The van der Waals surface area contributed by atoms with Crippen LogP contribution in [0.5, 0.6) is 0 Å². The second-order valence-corrected chi connectivity index (χ2v) is 8.69. The zero-order chi connectivity index (χ0) is 21.6. The number of halogens is 2. The fourth-order valence-electron chi connectivity index (χ4n) is 2.58. The quantitative estimate of drug-likeness (QED) is 0.558. The van der Waals surface area contributed by atoms with Crippen LogP contribution in [0.1, 0.15) is 35.3 Å². The van der Waals surface area contributed by atoms with Crippen molar-refractivity contribution in [1.29, 1.82) is 0 Å². The molecule has 0 saturated heterocycles. The number of methoxy groups -OCH3 is 1. The van der Waals surface area contributed by atoms with Gasteiger partial charge in [0.1, 0.15) is 5.82 Å². The molecule has 0 aliphatic rings. The summed E-state index contributed by atoms with van der Waals surface area (Å²) in [7, 11) is -2.65. The molecule has 0 spiro atoms. The molecule has 1 amide bonds. The van der Waals surface area contributed by atoms with Crippen molar-refractivity contribution in [2.45, 2.75) is 24.3 Å². The lowest BCUT2D eigenvalue weighted by atomic mass is 10.0. The van der Waals surface area contributed by atoms with Crippen LogP contribution in [-0.2, 0) is 19.6 Å². The molecule has 0 aromatic heterocycles. The van der Waals surface area contributed by atoms with Crippen LogP contribution in [0.15, 0.2) is 51.8 Å². The molecule has 2 aromatic rings. The Balaban J connectivity index is 2.37. The number of nitrogens with one attached hydrogen (secondary N) is 2. The summed E-state index contributed by atoms with van der Waals surface area (Å²) in [5, 5.41) is 2.58. The number of rotatable bonds is 8. The summed E-state index contributed by atoms with van der Waals surface area (Å²) in [4.78, 5) is 24.2. The normalized spacial score (nSPS) is 12.3. The average Bonchev–Trinajstić information content (AvgIpc) is 2.67. The molecule has 0 saturated carbocycles. The van der Waals surface area contributed by atoms with Gasteiger partial charge in [-0.1, -0.05) is 35.0 Å². The first-order chi connectivity index (χ1) is 13.7. The number of hydrogen-bond acceptors (Lipinski definition) is 5. The molecule has 2 N–H and O–H groups in total. The maximum Gasteiger partial charge on any atom is 0.307 e. The molecule has 0 bridgehead atoms. The lowest BCUT2D eigenvalue weighted by molar-refractivity contribution is -0.141. The minimum atomic E-state index is -3.87. The summed E-state index contributed by atoms with van der Waals surface area (Å²) in [5.74, 6) is -2.31. The Bertz CT molecular complexity index is 1010. The Labute approximate surface area is 176 Å². The first-order valence-electron chi connectivity index (χ1n) is 8.60. The van der Waals surface area contributed by atoms with E-state index in [4.69, 9.17) is 0 Å². The summed E-state index contributed by atoms with van der Waals surface area (Å²) >= 11 is 3.32. The number of carbonyl (C=O) groups excluding carboxylic acids is 2. The molecule has 156 valence electrons. The van der Waals surface area contributed by atoms with E-state index in [2.05, 4.69) is 30.7 Å². The minimum absolute atomic E-state index is 0.144. The summed E-state index contributed by atoms with van der Waals surface area (Å²) < 4.78 is 46.2. The van der Waals surface area contributed by atoms with Crippen LogP contribution in [0, 0.1) is 5.82 Å². The monoisotopic (exact) mass is 486 g/mol. The molecule has 0 aliphatic heterocycles. The van der Waals surface area contributed by atoms with Crippen molar-refractivity contribution in [3.8, 4) is 0 Å². The van der Waals surface area contributed by atoms with Crippen molar-refractivity contribution in [3.63, 3.8) is 0 Å². The summed E-state index contributed by atoms with van der Waals surface area (Å²) in [6.07, 6.45) is -0.185. The fraction of sp³-hybridized carbons (Fsp3) is 0.263. The number of amides is 1. The Morgan fingerprint density at radius 3 is 2.55 bits per heavy atom. The molecule has 0 fully saturated rings. The number of benzene rings is 2. The molecule has 0 heterocycles. The maximum atomic E-state index is 14.3. The highest BCUT2D eigenvalue weighted by Crippen LogP contribution is 2.23. The molecule has 2 aromatic carbocycles. The number of carbonyl (C=O) groups is 2. The minimum Gasteiger partial charge on any atom is -0.469 e. The molecule has 1 atom stereocenters. The molecule has 1 unspecified atom stereocenters. The third-order valence-corrected chi connectivity index (χ3v) is 6.02. The Morgan fingerprint density at radius 1 is 1.21 bits per heavy atom. The van der Waals surface area contributed by atoms with E-state index in [1.165, 1.54) is 7.11 Å². The van der Waals surface area contributed by atoms with Crippen LogP contribution in [-0.4, -0.2) is 33.9 Å². The predicted molar refractivity (Wildman–Crippen MR) is 108 cm³/mol. The van der Waals surface area contributed by atoms with Crippen molar-refractivity contribution in [1.82, 2.24) is 10.0 Å². The van der Waals surface area contributed by atoms with Gasteiger partial charge in [-0.25, -0.2) is 17.5 Å². The first kappa shape index (κ1) is 23.0. The van der Waals surface area contributed by atoms with Gasteiger partial charge in [0.25, 0.3) is 5.91 Å². The van der Waals surface area contributed by atoms with E-state index in [9.17, 15) is 22.4 Å². The van der Waals surface area contributed by atoms with E-state index < -0.39 is 39.3 Å². The smallest absolute Gasteiger partial charge is 0.307 e. The van der Waals surface area contributed by atoms with Crippen LogP contribution >= 0.6 is 15.9 Å². The molecular formula is C19H20BrFN2O5S. The third-order valence-electron chi connectivity index (χ3n) is 3.98. The van der Waals surface area contributed by atoms with E-state index >= 15 is 0 Å². The number of sulfonamides is 1. The van der Waals surface area contributed by atoms with E-state index in [0.29, 0.717) is 5.56 Å². The lowest BCUT2D eigenvalue weighted by Gasteiger charge is -2.19. The van der Waals surface area contributed by atoms with Crippen LogP contribution in [0.3, 0.4) is 0 Å². The van der Waals surface area contributed by atoms with Crippen LogP contribution in [0.4, 0.5) is 4.39 Å². The summed E-state index contributed by atoms with van der Waals surface area (Å²) in [6.45, 7) is 1.75. The van der Waals surface area contributed by atoms with Gasteiger partial charge in [0, 0.05) is 11.0 Å². The number of hydrogen-bond donors (Lipinski definition) is 2. The molecule has 7 nitrogen and oxygen atoms in total. The molecular weight excluding hydrogens is 467 g/mol. The third kappa shape index (κ3) is 6.09. The number of ether oxygens (including phenoxy) is 1. The van der Waals surface area contributed by atoms with Gasteiger partial charge in [-0.15, -0.1) is 0 Å². The van der Waals surface area contributed by atoms with Crippen molar-refractivity contribution in [2.24, 2.45) is 0 Å². The van der Waals surface area contributed by atoms with Crippen molar-refractivity contribution < 1.29 is 27.1 Å². The van der Waals surface area contributed by atoms with Gasteiger partial charge in [0.05, 0.1) is 30.0 Å². The largest absolute Gasteiger partial charge is 0.469 e. The van der Waals surface area contributed by atoms with Gasteiger partial charge in [-0.05, 0) is 35.9 Å². The summed E-state index contributed by atoms with van der Waals surface area (Å²) in [6, 6.07) is 9.03. The Hall–Kier alpha value is -2.30. The van der Waals surface area contributed by atoms with Gasteiger partial charge in [-0.2, -0.15) is 0 Å². The van der Waals surface area contributed by atoms with Gasteiger partial charge in [0.15, 0.2) is 0 Å². The predicted octanol–water partition coefficient (Wildman–Crippen LogP) is 2.92. The van der Waals surface area contributed by atoms with E-state index in [-0.39, 0.29) is 17.9 Å². The van der Waals surface area contributed by atoms with Crippen molar-refractivity contribution in [2.75, 3.05) is 13.7 Å². The van der Waals surface area contributed by atoms with Gasteiger partial charge in [-0.3, -0.25) is 9.59 Å². The Morgan fingerprint density at radius 2 is 1.93 bits per heavy atom. The SMILES string of the molecule is CCNS(=O)(=O)c1ccc(F)c(C(=O)NC(CC(=O)OC)c2cccc(Br)c2)c1. The number of esters is 1. The van der Waals surface area contributed by atoms with Crippen molar-refractivity contribution in [3.05, 3.63) is 63.9 Å². The fourth-order valence-corrected chi connectivity index (χ4v) is 4.06. The zero-order valence-corrected chi connectivity index (χ0v) is 18.1. The van der Waals surface area contributed by atoms with E-state index in [1.54, 1.807) is 31.2 Å². The molecule has 2 rings (SSSR count). The highest BCUT2D eigenvalue weighted by molar-refractivity contribution is 9.10. The highest BCUT2D eigenvalue weighted by Gasteiger charge is 2.23. The van der Waals surface area contributed by atoms with Gasteiger partial charge in [0.2, 0.25) is 10.0 Å². The average molecular weight is 487 g/mol. The van der Waals surface area contributed by atoms with E-state index in [1.807, 2.05) is 0 Å². The standard InChI is InChI=1S/C19H20BrFN2O5S/c1-3-22-29(26,27)14-7-8-16(21)15(10-14)19(25)23-17(11-18(24)28-2)12-5-4-6-13(20)9-12/h4-10,17,22H,3,11H2,1-2H3,(H,23,25). The highest BCUT2D eigenvalue weighted by atomic mass is 79.9. The molecule has 0 aliphatic carbocycles. The molecule has 0 radical (unpaired) electrons. The summed E-state index contributed by atoms with van der Waals surface area (Å²) in [5.41, 5.74) is 0.142. The van der Waals surface area contributed by atoms with Gasteiger partial charge < -0.3 is 10.1 Å². The van der Waals surface area contributed by atoms with Crippen molar-refractivity contribution >= 4 is 37.8 Å². The second-order valence-electron chi connectivity index (χ2n) is 6.00. The second kappa shape index (κ2) is 9.95. The lowest BCUT2D eigenvalue weighted by Crippen LogP contribution is -2.31.